The summed E-state index contributed by atoms with van der Waals surface area (Å²) in [6, 6.07) is 6.16. The summed E-state index contributed by atoms with van der Waals surface area (Å²) in [5.74, 6) is 1.45. The molecule has 1 saturated carbocycles. The van der Waals surface area contributed by atoms with Crippen LogP contribution in [0.25, 0.3) is 0 Å². The third kappa shape index (κ3) is 7.16. The summed E-state index contributed by atoms with van der Waals surface area (Å²) in [5.41, 5.74) is 1.01. The first-order valence-corrected chi connectivity index (χ1v) is 13.6. The molecule has 37 heavy (non-hydrogen) atoms. The Labute approximate surface area is 219 Å². The van der Waals surface area contributed by atoms with Crippen molar-refractivity contribution in [1.29, 1.82) is 0 Å². The van der Waals surface area contributed by atoms with Crippen LogP contribution >= 0.6 is 0 Å². The molecule has 1 amide bonds. The number of fused-ring (bicyclic) bond motifs is 1. The van der Waals surface area contributed by atoms with Crippen molar-refractivity contribution in [1.82, 2.24) is 4.90 Å². The summed E-state index contributed by atoms with van der Waals surface area (Å²) >= 11 is 0. The van der Waals surface area contributed by atoms with Gasteiger partial charge in [-0.3, -0.25) is 4.79 Å². The highest BCUT2D eigenvalue weighted by molar-refractivity contribution is 5.92. The van der Waals surface area contributed by atoms with E-state index in [0.717, 1.165) is 37.0 Å². The van der Waals surface area contributed by atoms with Gasteiger partial charge in [0.05, 0.1) is 26.4 Å². The molecule has 2 aliphatic heterocycles. The molecule has 4 rings (SSSR count). The highest BCUT2D eigenvalue weighted by atomic mass is 16.7. The van der Waals surface area contributed by atoms with E-state index < -0.39 is 6.29 Å². The number of amides is 1. The summed E-state index contributed by atoms with van der Waals surface area (Å²) in [5, 5.41) is 8.84. The third-order valence-electron chi connectivity index (χ3n) is 7.35. The number of carbonyl (C=O) groups is 1. The fraction of sp³-hybridized carbons (Fsp3) is 0.679. The Hall–Kier alpha value is -2.33. The first-order valence-electron chi connectivity index (χ1n) is 13.6. The van der Waals surface area contributed by atoms with Crippen molar-refractivity contribution in [3.05, 3.63) is 35.6 Å². The molecular formula is C28H41NO8. The number of aliphatic hydroxyl groups is 1. The molecule has 0 spiro atoms. The van der Waals surface area contributed by atoms with E-state index in [4.69, 9.17) is 33.5 Å². The van der Waals surface area contributed by atoms with Gasteiger partial charge in [0.2, 0.25) is 13.1 Å². The molecule has 0 bridgehead atoms. The van der Waals surface area contributed by atoms with Crippen LogP contribution in [0, 0.1) is 5.92 Å². The van der Waals surface area contributed by atoms with E-state index in [9.17, 15) is 4.79 Å². The SMILES string of the molecule is CCOC1OC(C(=O)N(C)C2CCCCC2)=CC(c2ccc3c(c2)OCO3)C1CCOCCOCCO. The van der Waals surface area contributed by atoms with Crippen LogP contribution in [0.5, 0.6) is 11.5 Å². The quantitative estimate of drug-likeness (QED) is 0.395. The van der Waals surface area contributed by atoms with Gasteiger partial charge >= 0.3 is 0 Å². The highest BCUT2D eigenvalue weighted by Gasteiger charge is 2.40. The zero-order valence-corrected chi connectivity index (χ0v) is 22.1. The number of rotatable bonds is 13. The number of benzene rings is 1. The van der Waals surface area contributed by atoms with Crippen LogP contribution in [0.4, 0.5) is 0 Å². The standard InChI is InChI=1S/C28H41NO8/c1-3-34-28-22(11-13-32-15-16-33-14-12-30)23(20-9-10-24-25(17-20)36-19-35-24)18-26(37-28)27(31)29(2)21-7-5-4-6-8-21/h9-10,17-18,21-23,28,30H,3-8,11-16,19H2,1-2H3. The van der Waals surface area contributed by atoms with Crippen LogP contribution in [0.2, 0.25) is 0 Å². The van der Waals surface area contributed by atoms with E-state index in [2.05, 4.69) is 0 Å². The highest BCUT2D eigenvalue weighted by Crippen LogP contribution is 2.43. The zero-order chi connectivity index (χ0) is 26.0. The lowest BCUT2D eigenvalue weighted by Gasteiger charge is -2.39. The summed E-state index contributed by atoms with van der Waals surface area (Å²) in [4.78, 5) is 15.4. The van der Waals surface area contributed by atoms with Gasteiger partial charge in [-0.2, -0.15) is 0 Å². The minimum atomic E-state index is -0.585. The van der Waals surface area contributed by atoms with E-state index in [1.165, 1.54) is 6.42 Å². The van der Waals surface area contributed by atoms with Crippen LogP contribution in [-0.4, -0.2) is 81.7 Å². The van der Waals surface area contributed by atoms with E-state index in [-0.39, 0.29) is 37.2 Å². The molecule has 0 aromatic heterocycles. The number of allylic oxidation sites excluding steroid dienone is 1. The van der Waals surface area contributed by atoms with Gasteiger partial charge in [0.15, 0.2) is 17.3 Å². The molecule has 3 unspecified atom stereocenters. The lowest BCUT2D eigenvalue weighted by molar-refractivity contribution is -0.172. The Bertz CT molecular complexity index is 900. The van der Waals surface area contributed by atoms with Crippen LogP contribution in [0.1, 0.15) is 56.9 Å². The van der Waals surface area contributed by atoms with Gasteiger partial charge in [-0.15, -0.1) is 0 Å². The minimum Gasteiger partial charge on any atom is -0.459 e. The molecule has 206 valence electrons. The molecule has 1 aromatic carbocycles. The second kappa shape index (κ2) is 14.0. The number of likely N-dealkylation sites (N-methyl/N-ethyl adjacent to an activating group) is 1. The summed E-state index contributed by atoms with van der Waals surface area (Å²) in [6.45, 7) is 4.24. The maximum Gasteiger partial charge on any atom is 0.288 e. The number of carbonyl (C=O) groups excluding carboxylic acids is 1. The van der Waals surface area contributed by atoms with Crippen molar-refractivity contribution in [2.24, 2.45) is 5.92 Å². The Morgan fingerprint density at radius 1 is 1.05 bits per heavy atom. The zero-order valence-electron chi connectivity index (χ0n) is 22.1. The molecular weight excluding hydrogens is 478 g/mol. The largest absolute Gasteiger partial charge is 0.459 e. The monoisotopic (exact) mass is 519 g/mol. The summed E-state index contributed by atoms with van der Waals surface area (Å²) < 4.78 is 34.5. The molecule has 0 saturated heterocycles. The Balaban J connectivity index is 1.54. The van der Waals surface area contributed by atoms with Crippen LogP contribution in [-0.2, 0) is 23.7 Å². The molecule has 9 nitrogen and oxygen atoms in total. The van der Waals surface area contributed by atoms with E-state index in [1.54, 1.807) is 0 Å². The molecule has 9 heteroatoms. The van der Waals surface area contributed by atoms with Crippen molar-refractivity contribution >= 4 is 5.91 Å². The Morgan fingerprint density at radius 2 is 1.81 bits per heavy atom. The minimum absolute atomic E-state index is 0.00398. The van der Waals surface area contributed by atoms with Crippen LogP contribution < -0.4 is 9.47 Å². The second-order valence-corrected chi connectivity index (χ2v) is 9.72. The topological polar surface area (TPSA) is 95.9 Å². The van der Waals surface area contributed by atoms with Crippen LogP contribution in [0.15, 0.2) is 30.0 Å². The number of hydrogen-bond donors (Lipinski definition) is 1. The van der Waals surface area contributed by atoms with E-state index >= 15 is 0 Å². The van der Waals surface area contributed by atoms with Gasteiger partial charge in [0, 0.05) is 38.1 Å². The van der Waals surface area contributed by atoms with Gasteiger partial charge in [0.25, 0.3) is 5.91 Å². The number of ether oxygens (including phenoxy) is 6. The first kappa shape index (κ1) is 27.7. The Morgan fingerprint density at radius 3 is 2.57 bits per heavy atom. The van der Waals surface area contributed by atoms with Gasteiger partial charge in [0.1, 0.15) is 0 Å². The maximum absolute atomic E-state index is 13.6. The van der Waals surface area contributed by atoms with Crippen molar-refractivity contribution in [2.45, 2.75) is 63.7 Å². The maximum atomic E-state index is 13.6. The number of aliphatic hydroxyl groups excluding tert-OH is 1. The van der Waals surface area contributed by atoms with E-state index in [1.807, 2.05) is 43.1 Å². The van der Waals surface area contributed by atoms with Crippen molar-refractivity contribution in [3.63, 3.8) is 0 Å². The van der Waals surface area contributed by atoms with Crippen molar-refractivity contribution in [2.75, 3.05) is 53.5 Å². The van der Waals surface area contributed by atoms with Gasteiger partial charge in [-0.25, -0.2) is 0 Å². The molecule has 1 N–H and O–H groups in total. The fourth-order valence-electron chi connectivity index (χ4n) is 5.34. The molecule has 3 aliphatic rings. The van der Waals surface area contributed by atoms with Crippen LogP contribution in [0.3, 0.4) is 0 Å². The van der Waals surface area contributed by atoms with Crippen molar-refractivity contribution in [3.8, 4) is 11.5 Å². The average Bonchev–Trinajstić information content (AvgIpc) is 3.41. The molecule has 1 fully saturated rings. The first-order chi connectivity index (χ1) is 18.1. The van der Waals surface area contributed by atoms with Gasteiger partial charge in [-0.05, 0) is 50.0 Å². The van der Waals surface area contributed by atoms with E-state index in [0.29, 0.717) is 51.0 Å². The van der Waals surface area contributed by atoms with Crippen molar-refractivity contribution < 1.29 is 38.3 Å². The van der Waals surface area contributed by atoms with Gasteiger partial charge in [-0.1, -0.05) is 25.3 Å². The fourth-order valence-corrected chi connectivity index (χ4v) is 5.34. The molecule has 1 aromatic rings. The average molecular weight is 520 g/mol. The Kier molecular flexibility index (Phi) is 10.5. The second-order valence-electron chi connectivity index (χ2n) is 9.72. The van der Waals surface area contributed by atoms with Gasteiger partial charge < -0.3 is 38.4 Å². The smallest absolute Gasteiger partial charge is 0.288 e. The molecule has 3 atom stereocenters. The number of nitrogens with zero attached hydrogens (tertiary/aromatic N) is 1. The molecule has 1 aliphatic carbocycles. The lowest BCUT2D eigenvalue weighted by atomic mass is 9.81. The predicted octanol–water partition coefficient (Wildman–Crippen LogP) is 3.60. The predicted molar refractivity (Wildman–Crippen MR) is 136 cm³/mol. The lowest BCUT2D eigenvalue weighted by Crippen LogP contribution is -2.43. The molecule has 2 heterocycles. The normalized spacial score (nSPS) is 23.4. The summed E-state index contributed by atoms with van der Waals surface area (Å²) in [7, 11) is 1.88. The molecule has 0 radical (unpaired) electrons. The summed E-state index contributed by atoms with van der Waals surface area (Å²) in [6.07, 6.45) is 7.61. The number of hydrogen-bond acceptors (Lipinski definition) is 8. The third-order valence-corrected chi connectivity index (χ3v) is 7.35.